The summed E-state index contributed by atoms with van der Waals surface area (Å²) in [4.78, 5) is 2.51. The summed E-state index contributed by atoms with van der Waals surface area (Å²) in [6.07, 6.45) is 2.30. The molecule has 19 heavy (non-hydrogen) atoms. The number of rotatable bonds is 4. The van der Waals surface area contributed by atoms with Gasteiger partial charge in [0.2, 0.25) is 0 Å². The van der Waals surface area contributed by atoms with Gasteiger partial charge in [0.1, 0.15) is 5.82 Å². The van der Waals surface area contributed by atoms with Crippen LogP contribution in [0.1, 0.15) is 45.2 Å². The van der Waals surface area contributed by atoms with Crippen molar-refractivity contribution in [1.29, 1.82) is 0 Å². The van der Waals surface area contributed by atoms with Gasteiger partial charge in [0.15, 0.2) is 0 Å². The first-order chi connectivity index (χ1) is 9.08. The fourth-order valence-electron chi connectivity index (χ4n) is 2.85. The van der Waals surface area contributed by atoms with Crippen molar-refractivity contribution < 1.29 is 4.39 Å². The molecule has 0 radical (unpaired) electrons. The van der Waals surface area contributed by atoms with E-state index in [-0.39, 0.29) is 11.9 Å². The third kappa shape index (κ3) is 3.77. The number of likely N-dealkylation sites (tertiary alicyclic amines) is 1. The highest BCUT2D eigenvalue weighted by atomic mass is 19.1. The van der Waals surface area contributed by atoms with Crippen molar-refractivity contribution in [3.63, 3.8) is 0 Å². The highest BCUT2D eigenvalue weighted by Gasteiger charge is 2.22. The van der Waals surface area contributed by atoms with E-state index in [0.717, 1.165) is 31.5 Å². The fourth-order valence-corrected chi connectivity index (χ4v) is 2.85. The van der Waals surface area contributed by atoms with Crippen molar-refractivity contribution in [2.24, 2.45) is 0 Å². The predicted molar refractivity (Wildman–Crippen MR) is 77.7 cm³/mol. The molecule has 1 fully saturated rings. The van der Waals surface area contributed by atoms with Crippen molar-refractivity contribution in [2.75, 3.05) is 13.1 Å². The molecular formula is C16H25FN2. The van der Waals surface area contributed by atoms with Gasteiger partial charge >= 0.3 is 0 Å². The summed E-state index contributed by atoms with van der Waals surface area (Å²) in [5.41, 5.74) is 0.772. The summed E-state index contributed by atoms with van der Waals surface area (Å²) >= 11 is 0. The molecule has 1 aromatic rings. The smallest absolute Gasteiger partial charge is 0.127 e. The van der Waals surface area contributed by atoms with Crippen molar-refractivity contribution in [3.8, 4) is 0 Å². The topological polar surface area (TPSA) is 15.3 Å². The van der Waals surface area contributed by atoms with Gasteiger partial charge in [-0.2, -0.15) is 0 Å². The highest BCUT2D eigenvalue weighted by Crippen LogP contribution is 2.20. The van der Waals surface area contributed by atoms with Gasteiger partial charge in [0, 0.05) is 23.7 Å². The maximum Gasteiger partial charge on any atom is 0.127 e. The largest absolute Gasteiger partial charge is 0.307 e. The van der Waals surface area contributed by atoms with Crippen LogP contribution in [-0.4, -0.2) is 30.1 Å². The van der Waals surface area contributed by atoms with Crippen molar-refractivity contribution in [2.45, 2.75) is 51.7 Å². The van der Waals surface area contributed by atoms with E-state index in [4.69, 9.17) is 0 Å². The van der Waals surface area contributed by atoms with E-state index in [9.17, 15) is 4.39 Å². The van der Waals surface area contributed by atoms with Gasteiger partial charge in [0.25, 0.3) is 0 Å². The van der Waals surface area contributed by atoms with E-state index in [2.05, 4.69) is 24.1 Å². The van der Waals surface area contributed by atoms with Crippen LogP contribution in [0.4, 0.5) is 4.39 Å². The molecule has 2 rings (SSSR count). The van der Waals surface area contributed by atoms with Crippen LogP contribution in [0.15, 0.2) is 24.3 Å². The highest BCUT2D eigenvalue weighted by molar-refractivity contribution is 5.20. The fraction of sp³-hybridized carbons (Fsp3) is 0.625. The van der Waals surface area contributed by atoms with Crippen LogP contribution >= 0.6 is 0 Å². The first-order valence-corrected chi connectivity index (χ1v) is 7.32. The maximum absolute atomic E-state index is 13.7. The lowest BCUT2D eigenvalue weighted by atomic mass is 10.0. The Kier molecular flexibility index (Phi) is 4.94. The molecule has 0 unspecified atom stereocenters. The molecule has 106 valence electrons. The monoisotopic (exact) mass is 264 g/mol. The second-order valence-corrected chi connectivity index (χ2v) is 5.81. The first kappa shape index (κ1) is 14.5. The maximum atomic E-state index is 13.7. The lowest BCUT2D eigenvalue weighted by Gasteiger charge is -2.36. The van der Waals surface area contributed by atoms with Crippen LogP contribution < -0.4 is 5.32 Å². The molecule has 0 aromatic heterocycles. The van der Waals surface area contributed by atoms with Gasteiger partial charge in [0.05, 0.1) is 0 Å². The van der Waals surface area contributed by atoms with E-state index in [1.165, 1.54) is 6.07 Å². The molecule has 3 heteroatoms. The van der Waals surface area contributed by atoms with E-state index in [1.54, 1.807) is 6.07 Å². The minimum Gasteiger partial charge on any atom is -0.307 e. The number of hydrogen-bond acceptors (Lipinski definition) is 2. The molecule has 1 aliphatic heterocycles. The number of hydrogen-bond donors (Lipinski definition) is 1. The summed E-state index contributed by atoms with van der Waals surface area (Å²) in [6.45, 7) is 8.82. The third-order valence-corrected chi connectivity index (χ3v) is 4.12. The summed E-state index contributed by atoms with van der Waals surface area (Å²) in [7, 11) is 0. The summed E-state index contributed by atoms with van der Waals surface area (Å²) in [5.74, 6) is -0.109. The quantitative estimate of drug-likeness (QED) is 0.897. The van der Waals surface area contributed by atoms with Gasteiger partial charge in [-0.3, -0.25) is 0 Å². The Labute approximate surface area is 116 Å². The van der Waals surface area contributed by atoms with Crippen LogP contribution in [0.25, 0.3) is 0 Å². The van der Waals surface area contributed by atoms with Crippen molar-refractivity contribution in [1.82, 2.24) is 10.2 Å². The Bertz CT molecular complexity index is 397. The number of nitrogens with zero attached hydrogens (tertiary/aromatic N) is 1. The predicted octanol–water partition coefficient (Wildman–Crippen LogP) is 3.35. The molecule has 1 saturated heterocycles. The standard InChI is InChI=1S/C16H25FN2/c1-12(2)19-10-8-14(9-11-19)18-13(3)15-6-4-5-7-16(15)17/h4-7,12-14,18H,8-11H2,1-3H3/t13-/m1/s1. The lowest BCUT2D eigenvalue weighted by Crippen LogP contribution is -2.45. The minimum atomic E-state index is -0.109. The molecule has 0 bridgehead atoms. The lowest BCUT2D eigenvalue weighted by molar-refractivity contribution is 0.157. The zero-order valence-electron chi connectivity index (χ0n) is 12.2. The molecule has 0 aliphatic carbocycles. The van der Waals surface area contributed by atoms with Crippen molar-refractivity contribution in [3.05, 3.63) is 35.6 Å². The molecule has 1 heterocycles. The molecule has 2 nitrogen and oxygen atoms in total. The summed E-state index contributed by atoms with van der Waals surface area (Å²) < 4.78 is 13.7. The van der Waals surface area contributed by atoms with Crippen LogP contribution in [0.5, 0.6) is 0 Å². The Balaban J connectivity index is 1.87. The number of piperidine rings is 1. The number of benzene rings is 1. The summed E-state index contributed by atoms with van der Waals surface area (Å²) in [5, 5.41) is 3.57. The van der Waals surface area contributed by atoms with Crippen LogP contribution in [0, 0.1) is 5.82 Å². The Hall–Kier alpha value is -0.930. The second-order valence-electron chi connectivity index (χ2n) is 5.81. The van der Waals surface area contributed by atoms with Crippen molar-refractivity contribution >= 4 is 0 Å². The molecule has 1 aliphatic rings. The summed E-state index contributed by atoms with van der Waals surface area (Å²) in [6, 6.07) is 8.27. The molecular weight excluding hydrogens is 239 g/mol. The molecule has 0 amide bonds. The zero-order chi connectivity index (χ0) is 13.8. The molecule has 0 spiro atoms. The second kappa shape index (κ2) is 6.49. The number of halogens is 1. The van der Waals surface area contributed by atoms with E-state index >= 15 is 0 Å². The van der Waals surface area contributed by atoms with E-state index < -0.39 is 0 Å². The Morgan fingerprint density at radius 3 is 2.37 bits per heavy atom. The average molecular weight is 264 g/mol. The minimum absolute atomic E-state index is 0.0804. The Morgan fingerprint density at radius 1 is 1.16 bits per heavy atom. The van der Waals surface area contributed by atoms with Crippen LogP contribution in [-0.2, 0) is 0 Å². The Morgan fingerprint density at radius 2 is 1.79 bits per heavy atom. The number of nitrogens with one attached hydrogen (secondary N) is 1. The van der Waals surface area contributed by atoms with Gasteiger partial charge < -0.3 is 10.2 Å². The molecule has 1 N–H and O–H groups in total. The molecule has 1 aromatic carbocycles. The average Bonchev–Trinajstić information content (AvgIpc) is 2.39. The van der Waals surface area contributed by atoms with Gasteiger partial charge in [-0.05, 0) is 52.8 Å². The molecule has 0 saturated carbocycles. The molecule has 1 atom stereocenters. The van der Waals surface area contributed by atoms with Gasteiger partial charge in [-0.1, -0.05) is 18.2 Å². The van der Waals surface area contributed by atoms with Gasteiger partial charge in [-0.15, -0.1) is 0 Å². The van der Waals surface area contributed by atoms with Crippen LogP contribution in [0.2, 0.25) is 0 Å². The van der Waals surface area contributed by atoms with E-state index in [0.29, 0.717) is 12.1 Å². The van der Waals surface area contributed by atoms with Crippen LogP contribution in [0.3, 0.4) is 0 Å². The third-order valence-electron chi connectivity index (χ3n) is 4.12. The first-order valence-electron chi connectivity index (χ1n) is 7.32. The normalized spacial score (nSPS) is 19.8. The van der Waals surface area contributed by atoms with Gasteiger partial charge in [-0.25, -0.2) is 4.39 Å². The SMILES string of the molecule is CC(C)N1CCC(N[C@H](C)c2ccccc2F)CC1. The van der Waals surface area contributed by atoms with E-state index in [1.807, 2.05) is 19.1 Å². The zero-order valence-corrected chi connectivity index (χ0v) is 12.2.